The van der Waals surface area contributed by atoms with Crippen LogP contribution in [0, 0.1) is 5.82 Å². The van der Waals surface area contributed by atoms with Crippen LogP contribution in [0.4, 0.5) is 10.1 Å². The first-order chi connectivity index (χ1) is 9.65. The molecular formula is C15H21FN2O2. The SMILES string of the molecule is COC(=O)c1ncc(C2CCCCCCC2)c(F)c1N. The lowest BCUT2D eigenvalue weighted by molar-refractivity contribution is 0.0594. The maximum atomic E-state index is 14.4. The summed E-state index contributed by atoms with van der Waals surface area (Å²) in [5.41, 5.74) is 5.90. The smallest absolute Gasteiger partial charge is 0.358 e. The number of nitrogens with two attached hydrogens (primary N) is 1. The van der Waals surface area contributed by atoms with Gasteiger partial charge in [0.1, 0.15) is 5.69 Å². The molecule has 1 aromatic heterocycles. The number of hydrogen-bond donors (Lipinski definition) is 1. The van der Waals surface area contributed by atoms with E-state index in [4.69, 9.17) is 5.73 Å². The van der Waals surface area contributed by atoms with Gasteiger partial charge >= 0.3 is 5.97 Å². The summed E-state index contributed by atoms with van der Waals surface area (Å²) >= 11 is 0. The van der Waals surface area contributed by atoms with Gasteiger partial charge in [-0.3, -0.25) is 0 Å². The van der Waals surface area contributed by atoms with Crippen LogP contribution in [0.15, 0.2) is 6.20 Å². The van der Waals surface area contributed by atoms with Crippen molar-refractivity contribution in [2.75, 3.05) is 12.8 Å². The number of carbonyl (C=O) groups excluding carboxylic acids is 1. The Morgan fingerprint density at radius 2 is 1.90 bits per heavy atom. The average Bonchev–Trinajstić information content (AvgIpc) is 2.41. The minimum absolute atomic E-state index is 0.139. The molecule has 0 atom stereocenters. The van der Waals surface area contributed by atoms with Crippen molar-refractivity contribution in [3.63, 3.8) is 0 Å². The quantitative estimate of drug-likeness (QED) is 0.843. The Balaban J connectivity index is 2.27. The number of anilines is 1. The molecule has 20 heavy (non-hydrogen) atoms. The van der Waals surface area contributed by atoms with Gasteiger partial charge in [-0.1, -0.05) is 32.1 Å². The standard InChI is InChI=1S/C15H21FN2O2/c1-20-15(19)14-13(17)12(16)11(9-18-14)10-7-5-3-2-4-6-8-10/h9-10H,2-8,17H2,1H3. The molecule has 0 aromatic carbocycles. The molecule has 1 saturated carbocycles. The molecule has 1 fully saturated rings. The molecular weight excluding hydrogens is 259 g/mol. The van der Waals surface area contributed by atoms with E-state index in [-0.39, 0.29) is 17.3 Å². The lowest BCUT2D eigenvalue weighted by atomic mass is 9.86. The monoisotopic (exact) mass is 280 g/mol. The number of nitrogen functional groups attached to an aromatic ring is 1. The van der Waals surface area contributed by atoms with Gasteiger partial charge in [-0.05, 0) is 18.8 Å². The molecule has 5 heteroatoms. The zero-order chi connectivity index (χ0) is 14.5. The summed E-state index contributed by atoms with van der Waals surface area (Å²) < 4.78 is 19.0. The second kappa shape index (κ2) is 6.68. The van der Waals surface area contributed by atoms with Crippen molar-refractivity contribution in [3.05, 3.63) is 23.3 Å². The van der Waals surface area contributed by atoms with Crippen LogP contribution in [-0.4, -0.2) is 18.1 Å². The lowest BCUT2D eigenvalue weighted by Crippen LogP contribution is -2.14. The number of methoxy groups -OCH3 is 1. The summed E-state index contributed by atoms with van der Waals surface area (Å²) in [6.07, 6.45) is 9.21. The van der Waals surface area contributed by atoms with E-state index >= 15 is 0 Å². The Hall–Kier alpha value is -1.65. The Labute approximate surface area is 118 Å². The van der Waals surface area contributed by atoms with E-state index in [0.29, 0.717) is 5.56 Å². The van der Waals surface area contributed by atoms with Gasteiger partial charge in [0.05, 0.1) is 7.11 Å². The molecule has 0 radical (unpaired) electrons. The summed E-state index contributed by atoms with van der Waals surface area (Å²) in [7, 11) is 1.23. The molecule has 0 unspecified atom stereocenters. The van der Waals surface area contributed by atoms with Crippen molar-refractivity contribution in [3.8, 4) is 0 Å². The van der Waals surface area contributed by atoms with Crippen molar-refractivity contribution in [1.82, 2.24) is 4.98 Å². The number of carbonyl (C=O) groups is 1. The van der Waals surface area contributed by atoms with Crippen LogP contribution in [0.5, 0.6) is 0 Å². The summed E-state index contributed by atoms with van der Waals surface area (Å²) in [6, 6.07) is 0. The van der Waals surface area contributed by atoms with Crippen LogP contribution in [-0.2, 0) is 4.74 Å². The average molecular weight is 280 g/mol. The summed E-state index contributed by atoms with van der Waals surface area (Å²) in [6.45, 7) is 0. The van der Waals surface area contributed by atoms with Gasteiger partial charge in [0.25, 0.3) is 0 Å². The van der Waals surface area contributed by atoms with Gasteiger partial charge in [-0.2, -0.15) is 0 Å². The van der Waals surface area contributed by atoms with Gasteiger partial charge in [0, 0.05) is 11.8 Å². The number of ether oxygens (including phenoxy) is 1. The Morgan fingerprint density at radius 3 is 2.50 bits per heavy atom. The number of aromatic nitrogens is 1. The van der Waals surface area contributed by atoms with E-state index in [1.807, 2.05) is 0 Å². The summed E-state index contributed by atoms with van der Waals surface area (Å²) in [5.74, 6) is -1.06. The van der Waals surface area contributed by atoms with E-state index in [1.54, 1.807) is 0 Å². The van der Waals surface area contributed by atoms with Crippen LogP contribution < -0.4 is 5.73 Å². The molecule has 0 aliphatic heterocycles. The number of halogens is 1. The molecule has 1 aliphatic carbocycles. The molecule has 1 aliphatic rings. The maximum absolute atomic E-state index is 14.4. The molecule has 110 valence electrons. The second-order valence-electron chi connectivity index (χ2n) is 5.32. The predicted molar refractivity (Wildman–Crippen MR) is 75.0 cm³/mol. The first kappa shape index (κ1) is 14.8. The van der Waals surface area contributed by atoms with Gasteiger partial charge in [0.2, 0.25) is 0 Å². The third kappa shape index (κ3) is 3.08. The van der Waals surface area contributed by atoms with Crippen molar-refractivity contribution in [2.24, 2.45) is 0 Å². The largest absolute Gasteiger partial charge is 0.464 e. The summed E-state index contributed by atoms with van der Waals surface area (Å²) in [4.78, 5) is 15.4. The number of hydrogen-bond acceptors (Lipinski definition) is 4. The zero-order valence-electron chi connectivity index (χ0n) is 11.8. The van der Waals surface area contributed by atoms with Crippen LogP contribution >= 0.6 is 0 Å². The third-order valence-electron chi connectivity index (χ3n) is 4.00. The highest BCUT2D eigenvalue weighted by Gasteiger charge is 2.23. The van der Waals surface area contributed by atoms with Crippen LogP contribution in [0.3, 0.4) is 0 Å². The molecule has 1 aromatic rings. The second-order valence-corrected chi connectivity index (χ2v) is 5.32. The highest BCUT2D eigenvalue weighted by molar-refractivity contribution is 5.92. The van der Waals surface area contributed by atoms with Crippen molar-refractivity contribution in [1.29, 1.82) is 0 Å². The van der Waals surface area contributed by atoms with Crippen LogP contribution in [0.2, 0.25) is 0 Å². The molecule has 1 heterocycles. The van der Waals surface area contributed by atoms with E-state index in [1.165, 1.54) is 32.6 Å². The molecule has 0 spiro atoms. The molecule has 2 N–H and O–H groups in total. The van der Waals surface area contributed by atoms with Gasteiger partial charge in [-0.15, -0.1) is 0 Å². The highest BCUT2D eigenvalue weighted by atomic mass is 19.1. The van der Waals surface area contributed by atoms with Crippen molar-refractivity contribution in [2.45, 2.75) is 50.9 Å². The first-order valence-corrected chi connectivity index (χ1v) is 7.17. The first-order valence-electron chi connectivity index (χ1n) is 7.17. The fourth-order valence-electron chi connectivity index (χ4n) is 2.83. The number of esters is 1. The fraction of sp³-hybridized carbons (Fsp3) is 0.600. The summed E-state index contributed by atoms with van der Waals surface area (Å²) in [5, 5.41) is 0. The Bertz CT molecular complexity index is 483. The third-order valence-corrected chi connectivity index (χ3v) is 4.00. The number of nitrogens with zero attached hydrogens (tertiary/aromatic N) is 1. The lowest BCUT2D eigenvalue weighted by Gasteiger charge is -2.21. The number of pyridine rings is 1. The van der Waals surface area contributed by atoms with Crippen LogP contribution in [0.25, 0.3) is 0 Å². The van der Waals surface area contributed by atoms with Crippen LogP contribution in [0.1, 0.15) is 66.9 Å². The molecule has 0 saturated heterocycles. The Kier molecular flexibility index (Phi) is 4.93. The number of rotatable bonds is 2. The minimum Gasteiger partial charge on any atom is -0.464 e. The van der Waals surface area contributed by atoms with E-state index in [9.17, 15) is 9.18 Å². The topological polar surface area (TPSA) is 65.2 Å². The van der Waals surface area contributed by atoms with Gasteiger partial charge in [0.15, 0.2) is 11.5 Å². The normalized spacial score (nSPS) is 17.3. The maximum Gasteiger partial charge on any atom is 0.358 e. The minimum atomic E-state index is -0.703. The van der Waals surface area contributed by atoms with E-state index in [2.05, 4.69) is 9.72 Å². The van der Waals surface area contributed by atoms with E-state index in [0.717, 1.165) is 25.7 Å². The molecule has 0 amide bonds. The predicted octanol–water partition coefficient (Wildman–Crippen LogP) is 3.42. The Morgan fingerprint density at radius 1 is 1.30 bits per heavy atom. The molecule has 4 nitrogen and oxygen atoms in total. The highest BCUT2D eigenvalue weighted by Crippen LogP contribution is 2.34. The molecule has 2 rings (SSSR count). The van der Waals surface area contributed by atoms with E-state index < -0.39 is 11.8 Å². The van der Waals surface area contributed by atoms with Crippen molar-refractivity contribution >= 4 is 11.7 Å². The van der Waals surface area contributed by atoms with Gasteiger partial charge in [-0.25, -0.2) is 14.2 Å². The molecule has 0 bridgehead atoms. The zero-order valence-corrected chi connectivity index (χ0v) is 11.8. The fourth-order valence-corrected chi connectivity index (χ4v) is 2.83. The van der Waals surface area contributed by atoms with Crippen molar-refractivity contribution < 1.29 is 13.9 Å². The van der Waals surface area contributed by atoms with Gasteiger partial charge < -0.3 is 10.5 Å².